The molecule has 0 radical (unpaired) electrons. The molecule has 1 N–H and O–H groups in total. The summed E-state index contributed by atoms with van der Waals surface area (Å²) in [5.41, 5.74) is 1.67. The van der Waals surface area contributed by atoms with E-state index >= 15 is 0 Å². The number of phenols is 1. The molecule has 0 saturated heterocycles. The molecule has 2 aromatic carbocycles. The molecule has 0 aliphatic carbocycles. The molecule has 0 heterocycles. The quantitative estimate of drug-likeness (QED) is 0.720. The normalized spacial score (nSPS) is 10.4. The zero-order valence-electron chi connectivity index (χ0n) is 17.0. The van der Waals surface area contributed by atoms with E-state index in [-0.39, 0.29) is 11.5 Å². The van der Waals surface area contributed by atoms with E-state index in [1.165, 1.54) is 26.4 Å². The van der Waals surface area contributed by atoms with Crippen LogP contribution in [-0.2, 0) is 10.1 Å². The number of hydrogen-bond acceptors (Lipinski definition) is 8. The van der Waals surface area contributed by atoms with E-state index in [4.69, 9.17) is 23.1 Å². The van der Waals surface area contributed by atoms with E-state index in [1.807, 2.05) is 13.8 Å². The number of rotatable bonds is 6. The molecule has 0 bridgehead atoms. The highest BCUT2D eigenvalue weighted by molar-refractivity contribution is 7.86. The van der Waals surface area contributed by atoms with E-state index in [9.17, 15) is 13.5 Å². The predicted octanol–water partition coefficient (Wildman–Crippen LogP) is 3.07. The van der Waals surface area contributed by atoms with Gasteiger partial charge in [-0.3, -0.25) is 0 Å². The van der Waals surface area contributed by atoms with Gasteiger partial charge in [-0.05, 0) is 13.8 Å². The fourth-order valence-corrected chi connectivity index (χ4v) is 2.80. The smallest absolute Gasteiger partial charge is 0.306 e. The molecular weight excluding hydrogens is 388 g/mol. The van der Waals surface area contributed by atoms with Gasteiger partial charge in [0.2, 0.25) is 0 Å². The van der Waals surface area contributed by atoms with Gasteiger partial charge in [-0.25, -0.2) is 0 Å². The Morgan fingerprint density at radius 3 is 1.32 bits per heavy atom. The van der Waals surface area contributed by atoms with E-state index < -0.39 is 10.1 Å². The van der Waals surface area contributed by atoms with Crippen LogP contribution in [0.15, 0.2) is 24.3 Å². The van der Waals surface area contributed by atoms with E-state index in [1.54, 1.807) is 26.4 Å². The van der Waals surface area contributed by atoms with Gasteiger partial charge in [-0.1, -0.05) is 0 Å². The van der Waals surface area contributed by atoms with Crippen molar-refractivity contribution in [3.8, 4) is 34.5 Å². The summed E-state index contributed by atoms with van der Waals surface area (Å²) in [5.74, 6) is 2.60. The van der Waals surface area contributed by atoms with Gasteiger partial charge in [0.15, 0.2) is 0 Å². The second kappa shape index (κ2) is 9.93. The van der Waals surface area contributed by atoms with Gasteiger partial charge in [-0.2, -0.15) is 8.42 Å². The van der Waals surface area contributed by atoms with Gasteiger partial charge in [-0.15, -0.1) is 0 Å². The molecule has 2 rings (SSSR count). The Hall–Kier alpha value is -2.81. The first-order chi connectivity index (χ1) is 13.1. The Labute approximate surface area is 165 Å². The van der Waals surface area contributed by atoms with Crippen molar-refractivity contribution >= 4 is 10.1 Å². The average Bonchev–Trinajstić information content (AvgIpc) is 2.63. The molecule has 2 aromatic rings. The predicted molar refractivity (Wildman–Crippen MR) is 106 cm³/mol. The lowest BCUT2D eigenvalue weighted by Gasteiger charge is -2.12. The molecule has 0 aliphatic heterocycles. The topological polar surface area (TPSA) is 101 Å². The highest BCUT2D eigenvalue weighted by Gasteiger charge is 2.12. The Bertz CT molecular complexity index is 856. The van der Waals surface area contributed by atoms with Crippen molar-refractivity contribution < 1.29 is 36.7 Å². The maximum atomic E-state index is 11.0. The third kappa shape index (κ3) is 6.41. The van der Waals surface area contributed by atoms with Crippen molar-refractivity contribution in [3.05, 3.63) is 35.4 Å². The van der Waals surface area contributed by atoms with Gasteiger partial charge in [0.25, 0.3) is 0 Å². The first-order valence-corrected chi connectivity index (χ1v) is 9.91. The Kier molecular flexibility index (Phi) is 8.24. The summed E-state index contributed by atoms with van der Waals surface area (Å²) in [5, 5.41) is 9.22. The summed E-state index contributed by atoms with van der Waals surface area (Å²) in [6.07, 6.45) is 0.978. The molecule has 0 unspecified atom stereocenters. The van der Waals surface area contributed by atoms with Crippen LogP contribution in [0.5, 0.6) is 34.5 Å². The number of ether oxygens (including phenoxy) is 4. The molecule has 0 fully saturated rings. The molecule has 8 nitrogen and oxygen atoms in total. The molecule has 28 heavy (non-hydrogen) atoms. The van der Waals surface area contributed by atoms with Gasteiger partial charge < -0.3 is 28.2 Å². The zero-order valence-corrected chi connectivity index (χ0v) is 17.8. The Morgan fingerprint density at radius 1 is 0.714 bits per heavy atom. The molecular formula is C19H26O8S. The molecule has 0 amide bonds. The maximum absolute atomic E-state index is 11.0. The zero-order chi connectivity index (χ0) is 21.5. The minimum atomic E-state index is -3.55. The van der Waals surface area contributed by atoms with E-state index in [0.29, 0.717) is 23.0 Å². The van der Waals surface area contributed by atoms with Gasteiger partial charge in [0.05, 0.1) is 34.7 Å². The Balaban J connectivity index is 0.000000292. The molecule has 0 saturated carbocycles. The molecule has 156 valence electrons. The van der Waals surface area contributed by atoms with Crippen LogP contribution in [-0.4, -0.2) is 48.2 Å². The fourth-order valence-electron chi connectivity index (χ4n) is 2.36. The SMILES string of the molecule is COc1cc(O)cc(OC)c1C.COc1cc(OS(C)(=O)=O)cc(OC)c1C. The van der Waals surface area contributed by atoms with Crippen LogP contribution in [0.2, 0.25) is 0 Å². The largest absolute Gasteiger partial charge is 0.508 e. The van der Waals surface area contributed by atoms with Crippen LogP contribution in [0.4, 0.5) is 0 Å². The lowest BCUT2D eigenvalue weighted by molar-refractivity contribution is 0.380. The first kappa shape index (κ1) is 23.2. The van der Waals surface area contributed by atoms with Crippen molar-refractivity contribution in [3.63, 3.8) is 0 Å². The van der Waals surface area contributed by atoms with Crippen LogP contribution in [0.3, 0.4) is 0 Å². The van der Waals surface area contributed by atoms with Crippen LogP contribution in [0, 0.1) is 13.8 Å². The molecule has 0 aliphatic rings. The van der Waals surface area contributed by atoms with Gasteiger partial charge >= 0.3 is 10.1 Å². The summed E-state index contributed by atoms with van der Waals surface area (Å²) in [6, 6.07) is 6.10. The second-order valence-corrected chi connectivity index (χ2v) is 7.29. The van der Waals surface area contributed by atoms with Gasteiger partial charge in [0, 0.05) is 35.4 Å². The number of methoxy groups -OCH3 is 4. The van der Waals surface area contributed by atoms with Crippen molar-refractivity contribution in [1.82, 2.24) is 0 Å². The molecule has 0 aromatic heterocycles. The highest BCUT2D eigenvalue weighted by atomic mass is 32.2. The maximum Gasteiger partial charge on any atom is 0.306 e. The number of aromatic hydroxyl groups is 1. The van der Waals surface area contributed by atoms with Crippen LogP contribution >= 0.6 is 0 Å². The van der Waals surface area contributed by atoms with E-state index in [0.717, 1.165) is 17.4 Å². The van der Waals surface area contributed by atoms with Crippen LogP contribution in [0.25, 0.3) is 0 Å². The minimum Gasteiger partial charge on any atom is -0.508 e. The summed E-state index contributed by atoms with van der Waals surface area (Å²) in [7, 11) is 2.55. The summed E-state index contributed by atoms with van der Waals surface area (Å²) >= 11 is 0. The number of benzene rings is 2. The minimum absolute atomic E-state index is 0.148. The molecule has 0 atom stereocenters. The summed E-state index contributed by atoms with van der Waals surface area (Å²) in [6.45, 7) is 3.68. The molecule has 9 heteroatoms. The van der Waals surface area contributed by atoms with Crippen molar-refractivity contribution in [1.29, 1.82) is 0 Å². The monoisotopic (exact) mass is 414 g/mol. The van der Waals surface area contributed by atoms with Crippen molar-refractivity contribution in [2.24, 2.45) is 0 Å². The molecule has 0 spiro atoms. The van der Waals surface area contributed by atoms with Crippen LogP contribution < -0.4 is 23.1 Å². The standard InChI is InChI=1S/C10H14O5S.C9H12O3/c1-7-9(13-2)5-8(6-10(7)14-3)15-16(4,11)12;1-6-8(11-2)4-7(10)5-9(6)12-3/h5-6H,1-4H3;4-5,10H,1-3H3. The Morgan fingerprint density at radius 2 is 1.04 bits per heavy atom. The van der Waals surface area contributed by atoms with Crippen molar-refractivity contribution in [2.45, 2.75) is 13.8 Å². The van der Waals surface area contributed by atoms with Crippen molar-refractivity contribution in [2.75, 3.05) is 34.7 Å². The summed E-state index contributed by atoms with van der Waals surface area (Å²) in [4.78, 5) is 0. The second-order valence-electron chi connectivity index (χ2n) is 5.72. The third-order valence-electron chi connectivity index (χ3n) is 3.71. The number of phenolic OH excluding ortho intramolecular Hbond substituents is 1. The van der Waals surface area contributed by atoms with Crippen LogP contribution in [0.1, 0.15) is 11.1 Å². The average molecular weight is 414 g/mol. The van der Waals surface area contributed by atoms with E-state index in [2.05, 4.69) is 0 Å². The van der Waals surface area contributed by atoms with Gasteiger partial charge in [0.1, 0.15) is 34.5 Å². The first-order valence-electron chi connectivity index (χ1n) is 8.09. The third-order valence-corrected chi connectivity index (χ3v) is 4.21. The summed E-state index contributed by atoms with van der Waals surface area (Å²) < 4.78 is 46.9. The highest BCUT2D eigenvalue weighted by Crippen LogP contribution is 2.34. The number of hydrogen-bond donors (Lipinski definition) is 1. The fraction of sp³-hybridized carbons (Fsp3) is 0.368. The lowest BCUT2D eigenvalue weighted by atomic mass is 10.2. The lowest BCUT2D eigenvalue weighted by Crippen LogP contribution is -2.06.